The van der Waals surface area contributed by atoms with E-state index in [2.05, 4.69) is 15.3 Å². The highest BCUT2D eigenvalue weighted by Crippen LogP contribution is 2.32. The van der Waals surface area contributed by atoms with Gasteiger partial charge in [0.15, 0.2) is 5.58 Å². The molecule has 0 aliphatic rings. The molecule has 6 nitrogen and oxygen atoms in total. The third-order valence-corrected chi connectivity index (χ3v) is 5.04. The summed E-state index contributed by atoms with van der Waals surface area (Å²) in [6, 6.07) is 20.9. The van der Waals surface area contributed by atoms with Crippen LogP contribution in [0.1, 0.15) is 5.56 Å². The van der Waals surface area contributed by atoms with Crippen LogP contribution in [0.5, 0.6) is 5.75 Å². The largest absolute Gasteiger partial charge is 0.496 e. The summed E-state index contributed by atoms with van der Waals surface area (Å²) in [4.78, 5) is 20.3. The number of para-hydroxylation sites is 2. The monoisotopic (exact) mass is 397 g/mol. The molecule has 0 spiro atoms. The molecule has 3 aromatic carbocycles. The number of hydrogen-bond donors (Lipinski definition) is 2. The van der Waals surface area contributed by atoms with E-state index in [4.69, 9.17) is 9.15 Å². The number of aromatic nitrogens is 2. The van der Waals surface area contributed by atoms with Crippen LogP contribution in [0.15, 0.2) is 77.3 Å². The predicted molar refractivity (Wildman–Crippen MR) is 117 cm³/mol. The number of fused-ring (bicyclic) bond motifs is 2. The van der Waals surface area contributed by atoms with Gasteiger partial charge in [-0.05, 0) is 35.9 Å². The Morgan fingerprint density at radius 3 is 2.83 bits per heavy atom. The quantitative estimate of drug-likeness (QED) is 0.429. The zero-order valence-corrected chi connectivity index (χ0v) is 16.3. The molecule has 5 aromatic rings. The van der Waals surface area contributed by atoms with Gasteiger partial charge in [-0.2, -0.15) is 0 Å². The SMILES string of the molecule is COc1ccccc1-c1nc2ccc(NC(=O)Cc3c[nH]c4ccccc34)cc2o1. The van der Waals surface area contributed by atoms with Crippen molar-refractivity contribution in [2.75, 3.05) is 12.4 Å². The van der Waals surface area contributed by atoms with Gasteiger partial charge >= 0.3 is 0 Å². The molecule has 2 aromatic heterocycles. The summed E-state index contributed by atoms with van der Waals surface area (Å²) < 4.78 is 11.3. The number of ether oxygens (including phenoxy) is 1. The maximum absolute atomic E-state index is 12.6. The predicted octanol–water partition coefficient (Wildman–Crippen LogP) is 5.17. The molecule has 0 fully saturated rings. The van der Waals surface area contributed by atoms with E-state index in [0.717, 1.165) is 22.0 Å². The summed E-state index contributed by atoms with van der Waals surface area (Å²) in [7, 11) is 1.61. The van der Waals surface area contributed by atoms with Gasteiger partial charge in [-0.1, -0.05) is 30.3 Å². The van der Waals surface area contributed by atoms with Gasteiger partial charge in [0.25, 0.3) is 0 Å². The second kappa shape index (κ2) is 7.40. The Morgan fingerprint density at radius 1 is 1.10 bits per heavy atom. The minimum atomic E-state index is -0.0939. The van der Waals surface area contributed by atoms with Crippen molar-refractivity contribution in [1.29, 1.82) is 0 Å². The van der Waals surface area contributed by atoms with E-state index in [1.807, 2.05) is 66.9 Å². The van der Waals surface area contributed by atoms with E-state index >= 15 is 0 Å². The van der Waals surface area contributed by atoms with Crippen LogP contribution in [0.4, 0.5) is 5.69 Å². The number of carbonyl (C=O) groups is 1. The highest BCUT2D eigenvalue weighted by molar-refractivity contribution is 5.97. The Morgan fingerprint density at radius 2 is 1.93 bits per heavy atom. The van der Waals surface area contributed by atoms with E-state index in [1.54, 1.807) is 13.2 Å². The molecule has 0 saturated heterocycles. The standard InChI is InChI=1S/C24H19N3O3/c1-29-21-9-5-3-7-18(21)24-27-20-11-10-16(13-22(20)30-24)26-23(28)12-15-14-25-19-8-4-2-6-17(15)19/h2-11,13-14,25H,12H2,1H3,(H,26,28). The summed E-state index contributed by atoms with van der Waals surface area (Å²) in [5.41, 5.74) is 4.73. The number of methoxy groups -OCH3 is 1. The van der Waals surface area contributed by atoms with Crippen molar-refractivity contribution in [2.45, 2.75) is 6.42 Å². The number of benzene rings is 3. The van der Waals surface area contributed by atoms with E-state index in [-0.39, 0.29) is 12.3 Å². The first-order valence-corrected chi connectivity index (χ1v) is 9.60. The van der Waals surface area contributed by atoms with Crippen molar-refractivity contribution >= 4 is 33.6 Å². The van der Waals surface area contributed by atoms with Crippen LogP contribution in [-0.2, 0) is 11.2 Å². The number of carbonyl (C=O) groups excluding carboxylic acids is 1. The number of H-pyrrole nitrogens is 1. The fourth-order valence-electron chi connectivity index (χ4n) is 3.59. The molecule has 0 aliphatic carbocycles. The van der Waals surface area contributed by atoms with Gasteiger partial charge in [0.2, 0.25) is 11.8 Å². The molecule has 0 aliphatic heterocycles. The van der Waals surface area contributed by atoms with Crippen LogP contribution in [0.25, 0.3) is 33.5 Å². The fourth-order valence-corrected chi connectivity index (χ4v) is 3.59. The number of nitrogens with one attached hydrogen (secondary N) is 2. The number of hydrogen-bond acceptors (Lipinski definition) is 4. The van der Waals surface area contributed by atoms with Gasteiger partial charge < -0.3 is 19.5 Å². The van der Waals surface area contributed by atoms with Crippen molar-refractivity contribution in [3.63, 3.8) is 0 Å². The van der Waals surface area contributed by atoms with Gasteiger partial charge in [0.1, 0.15) is 11.3 Å². The number of nitrogens with zero attached hydrogens (tertiary/aromatic N) is 1. The lowest BCUT2D eigenvalue weighted by molar-refractivity contribution is -0.115. The van der Waals surface area contributed by atoms with E-state index in [9.17, 15) is 4.79 Å². The molecule has 0 radical (unpaired) electrons. The average molecular weight is 397 g/mol. The first-order chi connectivity index (χ1) is 14.7. The lowest BCUT2D eigenvalue weighted by Crippen LogP contribution is -2.14. The topological polar surface area (TPSA) is 80.1 Å². The fraction of sp³-hybridized carbons (Fsp3) is 0.0833. The van der Waals surface area contributed by atoms with Gasteiger partial charge in [0.05, 0.1) is 19.1 Å². The number of amides is 1. The van der Waals surface area contributed by atoms with Crippen LogP contribution in [-0.4, -0.2) is 23.0 Å². The average Bonchev–Trinajstić information content (AvgIpc) is 3.37. The molecule has 30 heavy (non-hydrogen) atoms. The Labute approximate surface area is 172 Å². The van der Waals surface area contributed by atoms with Gasteiger partial charge in [-0.25, -0.2) is 4.98 Å². The number of aromatic amines is 1. The first-order valence-electron chi connectivity index (χ1n) is 9.60. The molecule has 2 heterocycles. The van der Waals surface area contributed by atoms with Crippen LogP contribution >= 0.6 is 0 Å². The molecule has 148 valence electrons. The second-order valence-corrected chi connectivity index (χ2v) is 6.99. The second-order valence-electron chi connectivity index (χ2n) is 6.99. The third-order valence-electron chi connectivity index (χ3n) is 5.04. The van der Waals surface area contributed by atoms with Crippen molar-refractivity contribution in [2.24, 2.45) is 0 Å². The van der Waals surface area contributed by atoms with Crippen molar-refractivity contribution < 1.29 is 13.9 Å². The highest BCUT2D eigenvalue weighted by Gasteiger charge is 2.14. The first kappa shape index (κ1) is 18.0. The summed E-state index contributed by atoms with van der Waals surface area (Å²) in [6.45, 7) is 0. The van der Waals surface area contributed by atoms with Crippen molar-refractivity contribution in [1.82, 2.24) is 9.97 Å². The number of rotatable bonds is 5. The summed E-state index contributed by atoms with van der Waals surface area (Å²) >= 11 is 0. The van der Waals surface area contributed by atoms with E-state index in [1.165, 1.54) is 0 Å². The minimum Gasteiger partial charge on any atom is -0.496 e. The maximum atomic E-state index is 12.6. The lowest BCUT2D eigenvalue weighted by atomic mass is 10.1. The molecule has 0 unspecified atom stereocenters. The zero-order chi connectivity index (χ0) is 20.5. The highest BCUT2D eigenvalue weighted by atomic mass is 16.5. The molecule has 0 bridgehead atoms. The minimum absolute atomic E-state index is 0.0939. The molecular weight excluding hydrogens is 378 g/mol. The molecule has 5 rings (SSSR count). The number of oxazole rings is 1. The van der Waals surface area contributed by atoms with Crippen LogP contribution in [0.2, 0.25) is 0 Å². The lowest BCUT2D eigenvalue weighted by Gasteiger charge is -2.04. The van der Waals surface area contributed by atoms with Crippen LogP contribution < -0.4 is 10.1 Å². The Bertz CT molecular complexity index is 1370. The molecular formula is C24H19N3O3. The Balaban J connectivity index is 1.38. The van der Waals surface area contributed by atoms with Gasteiger partial charge in [0, 0.05) is 28.9 Å². The summed E-state index contributed by atoms with van der Waals surface area (Å²) in [5, 5.41) is 4.00. The number of anilines is 1. The van der Waals surface area contributed by atoms with Crippen molar-refractivity contribution in [3.8, 4) is 17.2 Å². The smallest absolute Gasteiger partial charge is 0.231 e. The molecule has 0 saturated carbocycles. The third kappa shape index (κ3) is 3.28. The summed E-state index contributed by atoms with van der Waals surface area (Å²) in [5.74, 6) is 1.07. The zero-order valence-electron chi connectivity index (χ0n) is 16.3. The molecule has 6 heteroatoms. The maximum Gasteiger partial charge on any atom is 0.231 e. The van der Waals surface area contributed by atoms with Gasteiger partial charge in [-0.15, -0.1) is 0 Å². The van der Waals surface area contributed by atoms with Gasteiger partial charge in [-0.3, -0.25) is 4.79 Å². The van der Waals surface area contributed by atoms with E-state index in [0.29, 0.717) is 28.4 Å². The summed E-state index contributed by atoms with van der Waals surface area (Å²) in [6.07, 6.45) is 2.16. The Hall–Kier alpha value is -4.06. The molecule has 0 atom stereocenters. The molecule has 2 N–H and O–H groups in total. The van der Waals surface area contributed by atoms with E-state index < -0.39 is 0 Å². The normalized spacial score (nSPS) is 11.1. The van der Waals surface area contributed by atoms with Crippen LogP contribution in [0, 0.1) is 0 Å². The van der Waals surface area contributed by atoms with Crippen molar-refractivity contribution in [3.05, 3.63) is 78.5 Å². The molecule has 1 amide bonds. The van der Waals surface area contributed by atoms with Crippen LogP contribution in [0.3, 0.4) is 0 Å². The Kier molecular flexibility index (Phi) is 4.44.